The molecule has 2 aromatic rings. The standard InChI is InChI=1S/C22H28N4O3/c1-17(22(27)23-19-10-8-11-20(15-19)26(28)29)24(2)16-18-9-4-5-12-21(18)25-13-6-3-7-14-25/h4-5,8-12,15,17H,3,6-7,13-14,16H2,1-2H3,(H,23,27)/t17-/m0/s1. The van der Waals surface area contributed by atoms with Gasteiger partial charge in [0.25, 0.3) is 5.69 Å². The summed E-state index contributed by atoms with van der Waals surface area (Å²) in [6.07, 6.45) is 3.71. The van der Waals surface area contributed by atoms with E-state index in [2.05, 4.69) is 28.4 Å². The van der Waals surface area contributed by atoms with Crippen LogP contribution in [-0.2, 0) is 11.3 Å². The van der Waals surface area contributed by atoms with Crippen molar-refractivity contribution in [2.24, 2.45) is 0 Å². The summed E-state index contributed by atoms with van der Waals surface area (Å²) in [4.78, 5) is 27.6. The molecule has 7 heteroatoms. The van der Waals surface area contributed by atoms with Crippen LogP contribution in [0.1, 0.15) is 31.7 Å². The highest BCUT2D eigenvalue weighted by molar-refractivity contribution is 5.94. The maximum atomic E-state index is 12.7. The molecule has 29 heavy (non-hydrogen) atoms. The first kappa shape index (κ1) is 20.8. The Morgan fingerprint density at radius 1 is 1.17 bits per heavy atom. The predicted octanol–water partition coefficient (Wildman–Crippen LogP) is 4.04. The molecule has 7 nitrogen and oxygen atoms in total. The highest BCUT2D eigenvalue weighted by atomic mass is 16.6. The Morgan fingerprint density at radius 3 is 2.62 bits per heavy atom. The van der Waals surface area contributed by atoms with Gasteiger partial charge in [0.2, 0.25) is 5.91 Å². The number of amides is 1. The largest absolute Gasteiger partial charge is 0.371 e. The second-order valence-corrected chi connectivity index (χ2v) is 7.56. The van der Waals surface area contributed by atoms with E-state index in [1.165, 1.54) is 42.6 Å². The summed E-state index contributed by atoms with van der Waals surface area (Å²) in [5.74, 6) is -0.191. The van der Waals surface area contributed by atoms with Crippen molar-refractivity contribution in [2.45, 2.75) is 38.8 Å². The molecule has 0 bridgehead atoms. The van der Waals surface area contributed by atoms with E-state index >= 15 is 0 Å². The van der Waals surface area contributed by atoms with Gasteiger partial charge in [0, 0.05) is 43.1 Å². The number of carbonyl (C=O) groups is 1. The molecule has 1 heterocycles. The summed E-state index contributed by atoms with van der Waals surface area (Å²) in [6.45, 7) is 4.64. The van der Waals surface area contributed by atoms with E-state index in [4.69, 9.17) is 0 Å². The third kappa shape index (κ3) is 5.32. The molecule has 0 aliphatic carbocycles. The van der Waals surface area contributed by atoms with E-state index < -0.39 is 4.92 Å². The summed E-state index contributed by atoms with van der Waals surface area (Å²) in [6, 6.07) is 14.0. The van der Waals surface area contributed by atoms with Crippen LogP contribution in [0, 0.1) is 10.1 Å². The molecule has 1 amide bonds. The first-order chi connectivity index (χ1) is 14.0. The van der Waals surface area contributed by atoms with E-state index in [0.29, 0.717) is 12.2 Å². The van der Waals surface area contributed by atoms with E-state index in [9.17, 15) is 14.9 Å². The Hall–Kier alpha value is -2.93. The number of hydrogen-bond acceptors (Lipinski definition) is 5. The number of likely N-dealkylation sites (N-methyl/N-ethyl adjacent to an activating group) is 1. The lowest BCUT2D eigenvalue weighted by atomic mass is 10.1. The van der Waals surface area contributed by atoms with Gasteiger partial charge in [-0.2, -0.15) is 0 Å². The number of nitro benzene ring substituents is 1. The minimum Gasteiger partial charge on any atom is -0.371 e. The van der Waals surface area contributed by atoms with Crippen LogP contribution in [-0.4, -0.2) is 41.9 Å². The fourth-order valence-corrected chi connectivity index (χ4v) is 3.64. The van der Waals surface area contributed by atoms with Crippen molar-refractivity contribution in [3.8, 4) is 0 Å². The van der Waals surface area contributed by atoms with Crippen molar-refractivity contribution in [1.29, 1.82) is 0 Å². The lowest BCUT2D eigenvalue weighted by molar-refractivity contribution is -0.384. The number of piperidine rings is 1. The summed E-state index contributed by atoms with van der Waals surface area (Å²) < 4.78 is 0. The van der Waals surface area contributed by atoms with Gasteiger partial charge < -0.3 is 10.2 Å². The van der Waals surface area contributed by atoms with Crippen molar-refractivity contribution in [3.05, 3.63) is 64.2 Å². The van der Waals surface area contributed by atoms with Crippen molar-refractivity contribution in [1.82, 2.24) is 4.90 Å². The van der Waals surface area contributed by atoms with Crippen LogP contribution in [0.4, 0.5) is 17.1 Å². The molecule has 0 radical (unpaired) electrons. The van der Waals surface area contributed by atoms with Gasteiger partial charge in [0.1, 0.15) is 0 Å². The summed E-state index contributed by atoms with van der Waals surface area (Å²) >= 11 is 0. The Kier molecular flexibility index (Phi) is 6.82. The highest BCUT2D eigenvalue weighted by Gasteiger charge is 2.21. The average Bonchev–Trinajstić information content (AvgIpc) is 2.74. The van der Waals surface area contributed by atoms with E-state index in [1.54, 1.807) is 12.1 Å². The van der Waals surface area contributed by atoms with Crippen LogP contribution in [0.15, 0.2) is 48.5 Å². The maximum Gasteiger partial charge on any atom is 0.271 e. The average molecular weight is 396 g/mol. The van der Waals surface area contributed by atoms with Crippen molar-refractivity contribution in [3.63, 3.8) is 0 Å². The fraction of sp³-hybridized carbons (Fsp3) is 0.409. The van der Waals surface area contributed by atoms with E-state index in [0.717, 1.165) is 13.1 Å². The third-order valence-electron chi connectivity index (χ3n) is 5.47. The van der Waals surface area contributed by atoms with Crippen molar-refractivity contribution in [2.75, 3.05) is 30.4 Å². The molecule has 154 valence electrons. The minimum atomic E-state index is -0.470. The monoisotopic (exact) mass is 396 g/mol. The molecule has 1 aliphatic heterocycles. The lowest BCUT2D eigenvalue weighted by Gasteiger charge is -2.32. The lowest BCUT2D eigenvalue weighted by Crippen LogP contribution is -2.39. The van der Waals surface area contributed by atoms with Gasteiger partial charge in [-0.25, -0.2) is 0 Å². The third-order valence-corrected chi connectivity index (χ3v) is 5.47. The zero-order chi connectivity index (χ0) is 20.8. The minimum absolute atomic E-state index is 0.0423. The van der Waals surface area contributed by atoms with Gasteiger partial charge in [0.05, 0.1) is 11.0 Å². The van der Waals surface area contributed by atoms with Crippen LogP contribution < -0.4 is 10.2 Å². The number of hydrogen-bond donors (Lipinski definition) is 1. The number of non-ortho nitro benzene ring substituents is 1. The molecule has 1 N–H and O–H groups in total. The highest BCUT2D eigenvalue weighted by Crippen LogP contribution is 2.25. The number of nitrogens with zero attached hydrogens (tertiary/aromatic N) is 3. The quantitative estimate of drug-likeness (QED) is 0.564. The number of nitrogens with one attached hydrogen (secondary N) is 1. The Bertz CT molecular complexity index is 865. The number of carbonyl (C=O) groups excluding carboxylic acids is 1. The van der Waals surface area contributed by atoms with Gasteiger partial charge in [0.15, 0.2) is 0 Å². The summed E-state index contributed by atoms with van der Waals surface area (Å²) in [5, 5.41) is 13.7. The Labute approximate surface area is 171 Å². The van der Waals surface area contributed by atoms with Gasteiger partial charge in [-0.15, -0.1) is 0 Å². The molecule has 1 aliphatic rings. The smallest absolute Gasteiger partial charge is 0.271 e. The van der Waals surface area contributed by atoms with Crippen LogP contribution >= 0.6 is 0 Å². The van der Waals surface area contributed by atoms with Crippen molar-refractivity contribution < 1.29 is 9.72 Å². The Balaban J connectivity index is 1.66. The van der Waals surface area contributed by atoms with Gasteiger partial charge >= 0.3 is 0 Å². The molecule has 0 spiro atoms. The maximum absolute atomic E-state index is 12.7. The molecule has 0 aromatic heterocycles. The molecule has 1 fully saturated rings. The molecule has 1 atom stereocenters. The van der Waals surface area contributed by atoms with Crippen LogP contribution in [0.5, 0.6) is 0 Å². The first-order valence-corrected chi connectivity index (χ1v) is 10.0. The zero-order valence-electron chi connectivity index (χ0n) is 17.0. The second kappa shape index (κ2) is 9.52. The Morgan fingerprint density at radius 2 is 1.90 bits per heavy atom. The number of para-hydroxylation sites is 1. The molecule has 3 rings (SSSR count). The van der Waals surface area contributed by atoms with Gasteiger partial charge in [-0.05, 0) is 50.9 Å². The molecular formula is C22H28N4O3. The normalized spacial score (nSPS) is 15.2. The molecule has 2 aromatic carbocycles. The summed E-state index contributed by atoms with van der Waals surface area (Å²) in [5.41, 5.74) is 2.83. The van der Waals surface area contributed by atoms with Crippen LogP contribution in [0.3, 0.4) is 0 Å². The number of rotatable bonds is 7. The number of benzene rings is 2. The van der Waals surface area contributed by atoms with Gasteiger partial charge in [-0.3, -0.25) is 19.8 Å². The van der Waals surface area contributed by atoms with Crippen LogP contribution in [0.2, 0.25) is 0 Å². The zero-order valence-corrected chi connectivity index (χ0v) is 17.0. The van der Waals surface area contributed by atoms with E-state index in [-0.39, 0.29) is 17.6 Å². The first-order valence-electron chi connectivity index (χ1n) is 10.0. The fourth-order valence-electron chi connectivity index (χ4n) is 3.64. The predicted molar refractivity (Wildman–Crippen MR) is 115 cm³/mol. The molecule has 1 saturated heterocycles. The van der Waals surface area contributed by atoms with Gasteiger partial charge in [-0.1, -0.05) is 24.3 Å². The van der Waals surface area contributed by atoms with Crippen LogP contribution in [0.25, 0.3) is 0 Å². The van der Waals surface area contributed by atoms with Crippen molar-refractivity contribution >= 4 is 23.0 Å². The SMILES string of the molecule is C[C@@H](C(=O)Nc1cccc([N+](=O)[O-])c1)N(C)Cc1ccccc1N1CCCCC1. The molecule has 0 unspecified atom stereocenters. The topological polar surface area (TPSA) is 78.7 Å². The second-order valence-electron chi connectivity index (χ2n) is 7.56. The molecule has 0 saturated carbocycles. The summed E-state index contributed by atoms with van der Waals surface area (Å²) in [7, 11) is 1.92. The molecular weight excluding hydrogens is 368 g/mol. The number of anilines is 2. The van der Waals surface area contributed by atoms with E-state index in [1.807, 2.05) is 24.9 Å². The number of nitro groups is 1.